The maximum atomic E-state index is 12.9. The molecule has 1 N–H and O–H groups in total. The molecule has 2 aromatic rings. The van der Waals surface area contributed by atoms with Crippen LogP contribution in [-0.4, -0.2) is 42.4 Å². The second kappa shape index (κ2) is 8.05. The molecule has 0 aromatic heterocycles. The van der Waals surface area contributed by atoms with Gasteiger partial charge in [-0.2, -0.15) is 0 Å². The highest BCUT2D eigenvalue weighted by Crippen LogP contribution is 2.31. The van der Waals surface area contributed by atoms with Crippen molar-refractivity contribution in [2.45, 2.75) is 32.2 Å². The number of benzene rings is 2. The van der Waals surface area contributed by atoms with Crippen LogP contribution < -0.4 is 10.2 Å². The first-order valence-electron chi connectivity index (χ1n) is 10.1. The van der Waals surface area contributed by atoms with Crippen molar-refractivity contribution >= 4 is 23.2 Å². The molecule has 5 nitrogen and oxygen atoms in total. The number of nitrogens with one attached hydrogen (secondary N) is 1. The predicted octanol–water partition coefficient (Wildman–Crippen LogP) is 3.31. The summed E-state index contributed by atoms with van der Waals surface area (Å²) in [6.45, 7) is 3.89. The topological polar surface area (TPSA) is 52.7 Å². The summed E-state index contributed by atoms with van der Waals surface area (Å²) >= 11 is 0. The molecule has 2 aliphatic heterocycles. The summed E-state index contributed by atoms with van der Waals surface area (Å²) in [5, 5.41) is 2.98. The minimum Gasteiger partial charge on any atom is -0.359 e. The van der Waals surface area contributed by atoms with E-state index in [1.54, 1.807) is 0 Å². The highest BCUT2D eigenvalue weighted by atomic mass is 16.2. The van der Waals surface area contributed by atoms with Crippen LogP contribution in [0.1, 0.15) is 25.3 Å². The van der Waals surface area contributed by atoms with Crippen LogP contribution in [0.2, 0.25) is 0 Å². The van der Waals surface area contributed by atoms with E-state index < -0.39 is 0 Å². The standard InChI is InChI=1S/C23H27N3O2/c1-17-15-19-7-5-6-10-21(19)26(17)16-22(27)25-13-11-18(12-14-25)23(28)24-20-8-3-2-4-9-20/h2-10,17-18H,11-16H2,1H3,(H,24,28)/t17-/m0/s1. The lowest BCUT2D eigenvalue weighted by atomic mass is 9.95. The lowest BCUT2D eigenvalue weighted by Gasteiger charge is -2.34. The van der Waals surface area contributed by atoms with E-state index in [1.807, 2.05) is 41.3 Å². The first-order valence-corrected chi connectivity index (χ1v) is 10.1. The molecule has 1 atom stereocenters. The Labute approximate surface area is 166 Å². The number of rotatable bonds is 4. The Morgan fingerprint density at radius 2 is 1.68 bits per heavy atom. The van der Waals surface area contributed by atoms with Gasteiger partial charge in [-0.1, -0.05) is 36.4 Å². The molecule has 0 unspecified atom stereocenters. The number of hydrogen-bond donors (Lipinski definition) is 1. The third-order valence-electron chi connectivity index (χ3n) is 5.91. The van der Waals surface area contributed by atoms with Gasteiger partial charge in [0, 0.05) is 36.4 Å². The molecule has 4 rings (SSSR count). The largest absolute Gasteiger partial charge is 0.359 e. The van der Waals surface area contributed by atoms with Crippen LogP contribution in [-0.2, 0) is 16.0 Å². The number of amides is 2. The molecular formula is C23H27N3O2. The normalized spacial score (nSPS) is 19.4. The summed E-state index contributed by atoms with van der Waals surface area (Å²) in [5.74, 6) is 0.182. The zero-order valence-electron chi connectivity index (χ0n) is 16.3. The van der Waals surface area contributed by atoms with E-state index in [1.165, 1.54) is 11.3 Å². The van der Waals surface area contributed by atoms with Crippen LogP contribution >= 0.6 is 0 Å². The maximum absolute atomic E-state index is 12.9. The molecule has 2 heterocycles. The summed E-state index contributed by atoms with van der Waals surface area (Å²) in [6, 6.07) is 18.2. The van der Waals surface area contributed by atoms with E-state index in [4.69, 9.17) is 0 Å². The van der Waals surface area contributed by atoms with Gasteiger partial charge in [-0.05, 0) is 49.9 Å². The molecule has 0 aliphatic carbocycles. The molecule has 0 spiro atoms. The first kappa shape index (κ1) is 18.5. The number of carbonyl (C=O) groups excluding carboxylic acids is 2. The lowest BCUT2D eigenvalue weighted by molar-refractivity contribution is -0.133. The summed E-state index contributed by atoms with van der Waals surface area (Å²) < 4.78 is 0. The van der Waals surface area contributed by atoms with Crippen molar-refractivity contribution in [1.82, 2.24) is 4.90 Å². The Kier molecular flexibility index (Phi) is 5.33. The van der Waals surface area contributed by atoms with E-state index in [0.717, 1.165) is 24.9 Å². The van der Waals surface area contributed by atoms with E-state index in [2.05, 4.69) is 35.3 Å². The van der Waals surface area contributed by atoms with Crippen molar-refractivity contribution in [2.75, 3.05) is 29.9 Å². The van der Waals surface area contributed by atoms with Crippen molar-refractivity contribution in [3.63, 3.8) is 0 Å². The Bertz CT molecular complexity index is 844. The van der Waals surface area contributed by atoms with Gasteiger partial charge in [0.25, 0.3) is 0 Å². The summed E-state index contributed by atoms with van der Waals surface area (Å²) in [5.41, 5.74) is 3.33. The molecule has 28 heavy (non-hydrogen) atoms. The number of piperidine rings is 1. The van der Waals surface area contributed by atoms with Gasteiger partial charge in [0.05, 0.1) is 6.54 Å². The van der Waals surface area contributed by atoms with Crippen LogP contribution in [0.25, 0.3) is 0 Å². The molecule has 2 aromatic carbocycles. The Balaban J connectivity index is 1.30. The lowest BCUT2D eigenvalue weighted by Crippen LogP contribution is -2.46. The van der Waals surface area contributed by atoms with Crippen molar-refractivity contribution in [1.29, 1.82) is 0 Å². The molecule has 2 aliphatic rings. The van der Waals surface area contributed by atoms with Gasteiger partial charge in [0.1, 0.15) is 0 Å². The fourth-order valence-electron chi connectivity index (χ4n) is 4.27. The number of para-hydroxylation sites is 2. The fraction of sp³-hybridized carbons (Fsp3) is 0.391. The van der Waals surface area contributed by atoms with Gasteiger partial charge in [0.2, 0.25) is 11.8 Å². The third-order valence-corrected chi connectivity index (χ3v) is 5.91. The van der Waals surface area contributed by atoms with Crippen molar-refractivity contribution in [3.05, 3.63) is 60.2 Å². The molecule has 2 amide bonds. The van der Waals surface area contributed by atoms with Gasteiger partial charge in [0.15, 0.2) is 0 Å². The van der Waals surface area contributed by atoms with Crippen LogP contribution in [0.15, 0.2) is 54.6 Å². The highest BCUT2D eigenvalue weighted by Gasteiger charge is 2.31. The second-order valence-corrected chi connectivity index (χ2v) is 7.82. The number of hydrogen-bond acceptors (Lipinski definition) is 3. The highest BCUT2D eigenvalue weighted by molar-refractivity contribution is 5.92. The number of carbonyl (C=O) groups is 2. The Hall–Kier alpha value is -2.82. The fourth-order valence-corrected chi connectivity index (χ4v) is 4.27. The molecule has 146 valence electrons. The minimum absolute atomic E-state index is 0.0318. The van der Waals surface area contributed by atoms with E-state index in [0.29, 0.717) is 25.7 Å². The summed E-state index contributed by atoms with van der Waals surface area (Å²) in [4.78, 5) is 29.5. The van der Waals surface area contributed by atoms with Gasteiger partial charge >= 0.3 is 0 Å². The SMILES string of the molecule is C[C@H]1Cc2ccccc2N1CC(=O)N1CCC(C(=O)Nc2ccccc2)CC1. The molecule has 1 fully saturated rings. The predicted molar refractivity (Wildman–Crippen MR) is 111 cm³/mol. The van der Waals surface area contributed by atoms with Crippen molar-refractivity contribution in [2.24, 2.45) is 5.92 Å². The average molecular weight is 377 g/mol. The Morgan fingerprint density at radius 3 is 2.43 bits per heavy atom. The summed E-state index contributed by atoms with van der Waals surface area (Å²) in [6.07, 6.45) is 2.43. The maximum Gasteiger partial charge on any atom is 0.242 e. The smallest absolute Gasteiger partial charge is 0.242 e. The number of likely N-dealkylation sites (tertiary alicyclic amines) is 1. The molecule has 0 radical (unpaired) electrons. The molecule has 0 saturated carbocycles. The van der Waals surface area contributed by atoms with Crippen LogP contribution in [0.4, 0.5) is 11.4 Å². The zero-order chi connectivity index (χ0) is 19.5. The summed E-state index contributed by atoms with van der Waals surface area (Å²) in [7, 11) is 0. The van der Waals surface area contributed by atoms with Crippen LogP contribution in [0.5, 0.6) is 0 Å². The molecule has 5 heteroatoms. The van der Waals surface area contributed by atoms with Gasteiger partial charge in [-0.25, -0.2) is 0 Å². The molecule has 1 saturated heterocycles. The van der Waals surface area contributed by atoms with Gasteiger partial charge in [-0.15, -0.1) is 0 Å². The molecular weight excluding hydrogens is 350 g/mol. The third kappa shape index (κ3) is 3.88. The number of fused-ring (bicyclic) bond motifs is 1. The number of anilines is 2. The van der Waals surface area contributed by atoms with Crippen LogP contribution in [0, 0.1) is 5.92 Å². The second-order valence-electron chi connectivity index (χ2n) is 7.82. The molecule has 0 bridgehead atoms. The van der Waals surface area contributed by atoms with E-state index >= 15 is 0 Å². The van der Waals surface area contributed by atoms with Gasteiger partial charge in [-0.3, -0.25) is 9.59 Å². The monoisotopic (exact) mass is 377 g/mol. The quantitative estimate of drug-likeness (QED) is 0.889. The van der Waals surface area contributed by atoms with E-state index in [-0.39, 0.29) is 17.7 Å². The Morgan fingerprint density at radius 1 is 1.00 bits per heavy atom. The van der Waals surface area contributed by atoms with Gasteiger partial charge < -0.3 is 15.1 Å². The van der Waals surface area contributed by atoms with E-state index in [9.17, 15) is 9.59 Å². The minimum atomic E-state index is -0.0318. The van der Waals surface area contributed by atoms with Crippen molar-refractivity contribution < 1.29 is 9.59 Å². The van der Waals surface area contributed by atoms with Crippen LogP contribution in [0.3, 0.4) is 0 Å². The zero-order valence-corrected chi connectivity index (χ0v) is 16.3. The first-order chi connectivity index (χ1) is 13.6. The average Bonchev–Trinajstić information content (AvgIpc) is 3.04. The number of nitrogens with zero attached hydrogens (tertiary/aromatic N) is 2. The van der Waals surface area contributed by atoms with Crippen molar-refractivity contribution in [3.8, 4) is 0 Å².